The molecular formula is C8H8N2O2S. The Kier molecular flexibility index (Phi) is 2.34. The molecule has 0 saturated carbocycles. The summed E-state index contributed by atoms with van der Waals surface area (Å²) in [6.07, 6.45) is 1.28. The highest BCUT2D eigenvalue weighted by atomic mass is 32.1. The van der Waals surface area contributed by atoms with Gasteiger partial charge in [0.25, 0.3) is 0 Å². The van der Waals surface area contributed by atoms with E-state index in [1.54, 1.807) is 13.8 Å². The van der Waals surface area contributed by atoms with Gasteiger partial charge in [0.1, 0.15) is 15.3 Å². The Hall–Kier alpha value is -1.41. The summed E-state index contributed by atoms with van der Waals surface area (Å²) in [7, 11) is 0. The highest BCUT2D eigenvalue weighted by molar-refractivity contribution is 7.13. The van der Waals surface area contributed by atoms with E-state index in [9.17, 15) is 4.79 Å². The number of aromatic carboxylic acids is 1. The Morgan fingerprint density at radius 1 is 1.77 bits per heavy atom. The zero-order valence-electron chi connectivity index (χ0n) is 7.24. The van der Waals surface area contributed by atoms with Crippen molar-refractivity contribution in [3.8, 4) is 6.07 Å². The molecule has 0 radical (unpaired) electrons. The second-order valence-electron chi connectivity index (χ2n) is 3.07. The summed E-state index contributed by atoms with van der Waals surface area (Å²) in [5.74, 6) is -1.00. The Bertz CT molecular complexity index is 376. The lowest BCUT2D eigenvalue weighted by Gasteiger charge is -2.09. The number of hydrogen-bond acceptors (Lipinski definition) is 4. The van der Waals surface area contributed by atoms with Crippen molar-refractivity contribution in [3.63, 3.8) is 0 Å². The molecule has 0 fully saturated rings. The summed E-state index contributed by atoms with van der Waals surface area (Å²) in [6, 6.07) is 2.06. The maximum Gasteiger partial charge on any atom is 0.347 e. The molecule has 1 aromatic heterocycles. The predicted molar refractivity (Wildman–Crippen MR) is 47.7 cm³/mol. The van der Waals surface area contributed by atoms with Crippen LogP contribution in [-0.2, 0) is 5.41 Å². The molecule has 4 nitrogen and oxygen atoms in total. The smallest absolute Gasteiger partial charge is 0.347 e. The van der Waals surface area contributed by atoms with Crippen LogP contribution in [0.4, 0.5) is 0 Å². The number of thiazole rings is 1. The SMILES string of the molecule is CC(C)(C#N)c1ncc(C(=O)O)s1. The molecule has 1 heterocycles. The molecule has 0 atom stereocenters. The summed E-state index contributed by atoms with van der Waals surface area (Å²) in [5.41, 5.74) is -0.710. The molecule has 5 heteroatoms. The number of aromatic nitrogens is 1. The van der Waals surface area contributed by atoms with Crippen LogP contribution in [0.2, 0.25) is 0 Å². The van der Waals surface area contributed by atoms with Crippen molar-refractivity contribution in [2.75, 3.05) is 0 Å². The molecule has 0 saturated heterocycles. The number of carboxylic acids is 1. The predicted octanol–water partition coefficient (Wildman–Crippen LogP) is 1.64. The Morgan fingerprint density at radius 3 is 2.77 bits per heavy atom. The fourth-order valence-corrected chi connectivity index (χ4v) is 1.52. The molecule has 0 aromatic carbocycles. The fourth-order valence-electron chi connectivity index (χ4n) is 0.710. The van der Waals surface area contributed by atoms with Gasteiger partial charge in [-0.05, 0) is 13.8 Å². The van der Waals surface area contributed by atoms with E-state index in [4.69, 9.17) is 10.4 Å². The van der Waals surface area contributed by atoms with Crippen LogP contribution in [0.25, 0.3) is 0 Å². The first-order chi connectivity index (χ1) is 5.97. The number of hydrogen-bond donors (Lipinski definition) is 1. The van der Waals surface area contributed by atoms with Gasteiger partial charge in [-0.3, -0.25) is 0 Å². The van der Waals surface area contributed by atoms with Crippen molar-refractivity contribution in [1.82, 2.24) is 4.98 Å². The average molecular weight is 196 g/mol. The van der Waals surface area contributed by atoms with E-state index in [1.165, 1.54) is 6.20 Å². The minimum absolute atomic E-state index is 0.165. The van der Waals surface area contributed by atoms with E-state index in [-0.39, 0.29) is 4.88 Å². The van der Waals surface area contributed by atoms with Gasteiger partial charge in [0.05, 0.1) is 12.3 Å². The topological polar surface area (TPSA) is 74.0 Å². The second-order valence-corrected chi connectivity index (χ2v) is 4.10. The Labute approximate surface area is 79.5 Å². The van der Waals surface area contributed by atoms with Gasteiger partial charge in [0.2, 0.25) is 0 Å². The number of carbonyl (C=O) groups is 1. The van der Waals surface area contributed by atoms with Crippen LogP contribution in [0, 0.1) is 11.3 Å². The number of nitrogens with zero attached hydrogens (tertiary/aromatic N) is 2. The van der Waals surface area contributed by atoms with Crippen LogP contribution >= 0.6 is 11.3 Å². The van der Waals surface area contributed by atoms with Crippen LogP contribution in [-0.4, -0.2) is 16.1 Å². The zero-order valence-corrected chi connectivity index (χ0v) is 8.05. The van der Waals surface area contributed by atoms with Crippen molar-refractivity contribution < 1.29 is 9.90 Å². The minimum atomic E-state index is -1.00. The lowest BCUT2D eigenvalue weighted by molar-refractivity contribution is 0.0702. The molecule has 1 rings (SSSR count). The van der Waals surface area contributed by atoms with Gasteiger partial charge in [-0.1, -0.05) is 0 Å². The lowest BCUT2D eigenvalue weighted by Crippen LogP contribution is -2.12. The molecule has 0 aliphatic heterocycles. The van der Waals surface area contributed by atoms with E-state index in [1.807, 2.05) is 0 Å². The molecule has 0 aliphatic rings. The van der Waals surface area contributed by atoms with Crippen LogP contribution in [0.15, 0.2) is 6.20 Å². The maximum atomic E-state index is 10.5. The van der Waals surface area contributed by atoms with E-state index >= 15 is 0 Å². The van der Waals surface area contributed by atoms with Crippen molar-refractivity contribution in [1.29, 1.82) is 5.26 Å². The van der Waals surface area contributed by atoms with E-state index in [2.05, 4.69) is 11.1 Å². The lowest BCUT2D eigenvalue weighted by atomic mass is 9.97. The van der Waals surface area contributed by atoms with Crippen LogP contribution < -0.4 is 0 Å². The summed E-state index contributed by atoms with van der Waals surface area (Å²) < 4.78 is 0. The third-order valence-corrected chi connectivity index (χ3v) is 2.84. The molecule has 0 spiro atoms. The van der Waals surface area contributed by atoms with Gasteiger partial charge in [-0.25, -0.2) is 9.78 Å². The maximum absolute atomic E-state index is 10.5. The Balaban J connectivity index is 3.07. The summed E-state index contributed by atoms with van der Waals surface area (Å²) in [6.45, 7) is 3.41. The molecular weight excluding hydrogens is 188 g/mol. The van der Waals surface area contributed by atoms with E-state index < -0.39 is 11.4 Å². The summed E-state index contributed by atoms with van der Waals surface area (Å²) in [5, 5.41) is 17.9. The Morgan fingerprint density at radius 2 is 2.38 bits per heavy atom. The van der Waals surface area contributed by atoms with Crippen molar-refractivity contribution in [3.05, 3.63) is 16.1 Å². The molecule has 0 unspecified atom stereocenters. The normalized spacial score (nSPS) is 10.8. The highest BCUT2D eigenvalue weighted by Gasteiger charge is 2.24. The van der Waals surface area contributed by atoms with Crippen LogP contribution in [0.5, 0.6) is 0 Å². The van der Waals surface area contributed by atoms with Crippen LogP contribution in [0.1, 0.15) is 28.5 Å². The van der Waals surface area contributed by atoms with Gasteiger partial charge in [0.15, 0.2) is 0 Å². The van der Waals surface area contributed by atoms with Crippen molar-refractivity contribution in [2.24, 2.45) is 0 Å². The summed E-state index contributed by atoms with van der Waals surface area (Å²) in [4.78, 5) is 14.6. The molecule has 0 aliphatic carbocycles. The van der Waals surface area contributed by atoms with E-state index in [0.717, 1.165) is 11.3 Å². The number of carboxylic acid groups (broad SMARTS) is 1. The summed E-state index contributed by atoms with van der Waals surface area (Å²) >= 11 is 1.04. The van der Waals surface area contributed by atoms with Gasteiger partial charge in [-0.15, -0.1) is 11.3 Å². The number of nitriles is 1. The third kappa shape index (κ3) is 1.84. The first-order valence-electron chi connectivity index (χ1n) is 3.58. The quantitative estimate of drug-likeness (QED) is 0.780. The minimum Gasteiger partial charge on any atom is -0.477 e. The zero-order chi connectivity index (χ0) is 10.1. The van der Waals surface area contributed by atoms with Gasteiger partial charge in [0, 0.05) is 0 Å². The largest absolute Gasteiger partial charge is 0.477 e. The molecule has 0 amide bonds. The molecule has 68 valence electrons. The highest BCUT2D eigenvalue weighted by Crippen LogP contribution is 2.26. The van der Waals surface area contributed by atoms with Crippen LogP contribution in [0.3, 0.4) is 0 Å². The van der Waals surface area contributed by atoms with E-state index in [0.29, 0.717) is 5.01 Å². The standard InChI is InChI=1S/C8H8N2O2S/c1-8(2,4-9)7-10-3-5(13-7)6(11)12/h3H,1-2H3,(H,11,12). The van der Waals surface area contributed by atoms with Crippen molar-refractivity contribution in [2.45, 2.75) is 19.3 Å². The second kappa shape index (κ2) is 3.15. The fraction of sp³-hybridized carbons (Fsp3) is 0.375. The van der Waals surface area contributed by atoms with Gasteiger partial charge in [-0.2, -0.15) is 5.26 Å². The van der Waals surface area contributed by atoms with Gasteiger partial charge >= 0.3 is 5.97 Å². The van der Waals surface area contributed by atoms with Crippen molar-refractivity contribution >= 4 is 17.3 Å². The average Bonchev–Trinajstić information content (AvgIpc) is 2.52. The third-order valence-electron chi connectivity index (χ3n) is 1.53. The number of rotatable bonds is 2. The molecule has 1 aromatic rings. The monoisotopic (exact) mass is 196 g/mol. The first kappa shape index (κ1) is 9.68. The molecule has 0 bridgehead atoms. The molecule has 1 N–H and O–H groups in total. The molecule has 13 heavy (non-hydrogen) atoms. The van der Waals surface area contributed by atoms with Gasteiger partial charge < -0.3 is 5.11 Å². The first-order valence-corrected chi connectivity index (χ1v) is 4.40.